The van der Waals surface area contributed by atoms with Crippen LogP contribution < -0.4 is 21.0 Å². The number of likely N-dealkylation sites (tertiary alicyclic amines) is 1. The van der Waals surface area contributed by atoms with E-state index in [4.69, 9.17) is 9.72 Å². The lowest BCUT2D eigenvalue weighted by Crippen LogP contribution is -2.55. The first kappa shape index (κ1) is 32.3. The summed E-state index contributed by atoms with van der Waals surface area (Å²) in [5, 5.41) is 5.00. The maximum atomic E-state index is 14.2. The van der Waals surface area contributed by atoms with Gasteiger partial charge in [0.1, 0.15) is 12.0 Å². The molecule has 1 unspecified atom stereocenters. The van der Waals surface area contributed by atoms with Crippen molar-refractivity contribution >= 4 is 33.8 Å². The van der Waals surface area contributed by atoms with Crippen LogP contribution in [0.5, 0.6) is 0 Å². The van der Waals surface area contributed by atoms with Crippen LogP contribution in [0.3, 0.4) is 0 Å². The molecule has 5 aromatic rings. The number of benzene rings is 2. The zero-order valence-electron chi connectivity index (χ0n) is 28.6. The van der Waals surface area contributed by atoms with Crippen molar-refractivity contribution in [1.82, 2.24) is 28.6 Å². The molecule has 0 aliphatic carbocycles. The molecule has 12 nitrogen and oxygen atoms in total. The number of fused-ring (bicyclic) bond motifs is 3. The van der Waals surface area contributed by atoms with Crippen molar-refractivity contribution in [2.45, 2.75) is 57.5 Å². The van der Waals surface area contributed by atoms with Gasteiger partial charge in [0.05, 0.1) is 35.6 Å². The van der Waals surface area contributed by atoms with E-state index in [-0.39, 0.29) is 29.8 Å². The fourth-order valence-electron chi connectivity index (χ4n) is 7.62. The third-order valence-electron chi connectivity index (χ3n) is 10.5. The van der Waals surface area contributed by atoms with Gasteiger partial charge < -0.3 is 14.5 Å². The van der Waals surface area contributed by atoms with Crippen molar-refractivity contribution in [1.29, 1.82) is 0 Å². The number of anilines is 2. The summed E-state index contributed by atoms with van der Waals surface area (Å²) in [5.74, 6) is 0.624. The molecule has 6 heterocycles. The van der Waals surface area contributed by atoms with E-state index in [9.17, 15) is 18.8 Å². The minimum Gasteiger partial charge on any atom is -0.373 e. The molecule has 0 radical (unpaired) electrons. The van der Waals surface area contributed by atoms with Crippen LogP contribution in [0.25, 0.3) is 16.6 Å². The third-order valence-corrected chi connectivity index (χ3v) is 10.5. The Morgan fingerprint density at radius 1 is 0.980 bits per heavy atom. The lowest BCUT2D eigenvalue weighted by molar-refractivity contribution is -0.121. The van der Waals surface area contributed by atoms with E-state index < -0.39 is 11.6 Å². The lowest BCUT2D eigenvalue weighted by Gasteiger charge is -2.40. The molecule has 1 amide bonds. The van der Waals surface area contributed by atoms with Gasteiger partial charge in [-0.2, -0.15) is 0 Å². The number of aromatic nitrogens is 5. The highest BCUT2D eigenvalue weighted by Crippen LogP contribution is 2.41. The van der Waals surface area contributed by atoms with Crippen molar-refractivity contribution in [3.8, 4) is 0 Å². The predicted octanol–water partition coefficient (Wildman–Crippen LogP) is 2.80. The number of nitrogens with zero attached hydrogens (tertiary/aromatic N) is 8. The van der Waals surface area contributed by atoms with Gasteiger partial charge in [0.25, 0.3) is 5.56 Å². The molecule has 0 saturated carbocycles. The molecular weight excluding hydrogens is 639 g/mol. The second-order valence-electron chi connectivity index (χ2n) is 14.2. The fraction of sp³-hybridized carbons (Fsp3) is 0.432. The Kier molecular flexibility index (Phi) is 8.06. The van der Waals surface area contributed by atoms with Crippen LogP contribution in [-0.2, 0) is 40.9 Å². The molecule has 2 fully saturated rings. The number of carbonyl (C=O) groups is 1. The summed E-state index contributed by atoms with van der Waals surface area (Å²) in [6.07, 6.45) is 1.78. The van der Waals surface area contributed by atoms with E-state index in [0.29, 0.717) is 81.1 Å². The summed E-state index contributed by atoms with van der Waals surface area (Å²) in [7, 11) is 1.80. The van der Waals surface area contributed by atoms with Gasteiger partial charge in [-0.05, 0) is 67.8 Å². The van der Waals surface area contributed by atoms with Crippen LogP contribution in [0, 0.1) is 0 Å². The van der Waals surface area contributed by atoms with E-state index >= 15 is 0 Å². The quantitative estimate of drug-likeness (QED) is 0.234. The van der Waals surface area contributed by atoms with E-state index in [1.165, 1.54) is 9.08 Å². The summed E-state index contributed by atoms with van der Waals surface area (Å²) in [6.45, 7) is 8.04. The third kappa shape index (κ3) is 5.67. The van der Waals surface area contributed by atoms with Gasteiger partial charge in [-0.1, -0.05) is 18.2 Å². The van der Waals surface area contributed by atoms with Crippen molar-refractivity contribution in [2.24, 2.45) is 0 Å². The largest absolute Gasteiger partial charge is 0.373 e. The summed E-state index contributed by atoms with van der Waals surface area (Å²) in [4.78, 5) is 51.2. The molecule has 13 heteroatoms. The molecule has 8 rings (SSSR count). The van der Waals surface area contributed by atoms with Crippen LogP contribution in [0.1, 0.15) is 30.8 Å². The molecule has 2 saturated heterocycles. The molecule has 260 valence electrons. The number of aryl methyl sites for hydroxylation is 3. The standard InChI is InChI=1S/C37H41FN8O4/c1-37(2)29-10-7-24(18-31(29)41(3)35(37)48)11-14-44-32(12-15-46-36(49)45-13-5-4-6-33(45)40-46)39-30-19-26(8-9-28(30)34(44)47)43-16-17-50-27(23-43)22-42-20-25(38)21-42/h4-10,13,18-19,25,27H,11-12,14-17,20-23H2,1-3H3. The van der Waals surface area contributed by atoms with Crippen molar-refractivity contribution in [2.75, 3.05) is 56.2 Å². The molecular formula is C37H41FN8O4. The summed E-state index contributed by atoms with van der Waals surface area (Å²) < 4.78 is 24.0. The van der Waals surface area contributed by atoms with Crippen LogP contribution in [0.2, 0.25) is 0 Å². The first-order chi connectivity index (χ1) is 24.1. The number of likely N-dealkylation sites (N-methyl/N-ethyl adjacent to an activating group) is 1. The molecule has 3 aliphatic heterocycles. The van der Waals surface area contributed by atoms with Gasteiger partial charge in [0.2, 0.25) is 5.91 Å². The Hall–Kier alpha value is -4.88. The number of hydrogen-bond acceptors (Lipinski definition) is 8. The molecule has 1 atom stereocenters. The molecule has 0 spiro atoms. The highest BCUT2D eigenvalue weighted by atomic mass is 19.1. The second kappa shape index (κ2) is 12.5. The van der Waals surface area contributed by atoms with E-state index in [1.54, 1.807) is 34.8 Å². The Balaban J connectivity index is 1.10. The Labute approximate surface area is 288 Å². The zero-order chi connectivity index (χ0) is 34.7. The molecule has 3 aromatic heterocycles. The highest BCUT2D eigenvalue weighted by Gasteiger charge is 2.42. The van der Waals surface area contributed by atoms with Gasteiger partial charge in [-0.25, -0.2) is 18.9 Å². The Morgan fingerprint density at radius 3 is 2.62 bits per heavy atom. The summed E-state index contributed by atoms with van der Waals surface area (Å²) >= 11 is 0. The van der Waals surface area contributed by atoms with E-state index in [1.807, 2.05) is 56.3 Å². The van der Waals surface area contributed by atoms with Gasteiger partial charge in [-0.3, -0.25) is 23.5 Å². The number of hydrogen-bond donors (Lipinski definition) is 0. The number of carbonyl (C=O) groups excluding carboxylic acids is 1. The number of halogens is 1. The number of ether oxygens (including phenoxy) is 1. The maximum absolute atomic E-state index is 14.2. The van der Waals surface area contributed by atoms with Gasteiger partial charge in [0, 0.05) is 70.3 Å². The highest BCUT2D eigenvalue weighted by molar-refractivity contribution is 6.07. The SMILES string of the molecule is CN1C(=O)C(C)(C)c2ccc(CCn3c(CCn4nc5ccccn5c4=O)nc4cc(N5CCOC(CN6CC(F)C6)C5)ccc4c3=O)cc21. The molecule has 0 bridgehead atoms. The van der Waals surface area contributed by atoms with Crippen LogP contribution in [-0.4, -0.2) is 93.2 Å². The second-order valence-corrected chi connectivity index (χ2v) is 14.2. The van der Waals surface area contributed by atoms with Crippen LogP contribution in [0.4, 0.5) is 15.8 Å². The minimum absolute atomic E-state index is 0.0320. The Morgan fingerprint density at radius 2 is 1.82 bits per heavy atom. The normalized spacial score (nSPS) is 19.4. The predicted molar refractivity (Wildman–Crippen MR) is 189 cm³/mol. The first-order valence-corrected chi connectivity index (χ1v) is 17.3. The number of rotatable bonds is 9. The summed E-state index contributed by atoms with van der Waals surface area (Å²) in [6, 6.07) is 17.3. The fourth-order valence-corrected chi connectivity index (χ4v) is 7.62. The molecule has 50 heavy (non-hydrogen) atoms. The number of amides is 1. The van der Waals surface area contributed by atoms with Crippen molar-refractivity contribution < 1.29 is 13.9 Å². The molecule has 2 aromatic carbocycles. The smallest absolute Gasteiger partial charge is 0.350 e. The zero-order valence-corrected chi connectivity index (χ0v) is 28.6. The van der Waals surface area contributed by atoms with Crippen molar-refractivity contribution in [3.05, 3.63) is 98.6 Å². The minimum atomic E-state index is -0.751. The topological polar surface area (TPSA) is 110 Å². The first-order valence-electron chi connectivity index (χ1n) is 17.3. The number of morpholine rings is 1. The lowest BCUT2D eigenvalue weighted by atomic mass is 9.86. The Bertz CT molecular complexity index is 2240. The average molecular weight is 681 g/mol. The summed E-state index contributed by atoms with van der Waals surface area (Å²) in [5.41, 5.74) is 4.00. The number of alkyl halides is 1. The average Bonchev–Trinajstić information content (AvgIpc) is 3.51. The van der Waals surface area contributed by atoms with E-state index in [0.717, 1.165) is 22.5 Å². The van der Waals surface area contributed by atoms with Crippen LogP contribution in [0.15, 0.2) is 70.4 Å². The van der Waals surface area contributed by atoms with Gasteiger partial charge in [0.15, 0.2) is 5.65 Å². The number of pyridine rings is 1. The van der Waals surface area contributed by atoms with Gasteiger partial charge >= 0.3 is 5.69 Å². The van der Waals surface area contributed by atoms with E-state index in [2.05, 4.69) is 14.9 Å². The van der Waals surface area contributed by atoms with Crippen LogP contribution >= 0.6 is 0 Å². The van der Waals surface area contributed by atoms with Gasteiger partial charge in [-0.15, -0.1) is 5.10 Å². The molecule has 3 aliphatic rings. The monoisotopic (exact) mass is 680 g/mol. The van der Waals surface area contributed by atoms with Crippen molar-refractivity contribution in [3.63, 3.8) is 0 Å². The maximum Gasteiger partial charge on any atom is 0.350 e. The molecule has 0 N–H and O–H groups in total.